The molecular weight excluding hydrogens is 382 g/mol. The minimum absolute atomic E-state index is 0.0944. The Kier molecular flexibility index (Phi) is 6.23. The zero-order chi connectivity index (χ0) is 20.2. The maximum atomic E-state index is 13.2. The van der Waals surface area contributed by atoms with E-state index in [9.17, 15) is 4.79 Å². The van der Waals surface area contributed by atoms with E-state index in [2.05, 4.69) is 30.9 Å². The summed E-state index contributed by atoms with van der Waals surface area (Å²) in [6.45, 7) is 9.05. The van der Waals surface area contributed by atoms with Crippen molar-refractivity contribution in [2.24, 2.45) is 0 Å². The third-order valence-electron chi connectivity index (χ3n) is 5.47. The summed E-state index contributed by atoms with van der Waals surface area (Å²) in [6.07, 6.45) is 0.387. The van der Waals surface area contributed by atoms with Gasteiger partial charge in [0.25, 0.3) is 0 Å². The van der Waals surface area contributed by atoms with Crippen LogP contribution in [-0.2, 0) is 16.0 Å². The van der Waals surface area contributed by atoms with Crippen LogP contribution in [0.25, 0.3) is 10.2 Å². The second kappa shape index (κ2) is 9.03. The summed E-state index contributed by atoms with van der Waals surface area (Å²) in [5, 5.41) is 0.791. The smallest absolute Gasteiger partial charge is 0.233 e. The molecule has 1 aliphatic heterocycles. The van der Waals surface area contributed by atoms with Gasteiger partial charge in [-0.05, 0) is 42.7 Å². The molecule has 1 saturated heterocycles. The number of fused-ring (bicyclic) bond motifs is 1. The first-order valence-corrected chi connectivity index (χ1v) is 10.9. The van der Waals surface area contributed by atoms with E-state index >= 15 is 0 Å². The molecule has 0 bridgehead atoms. The molecule has 5 nitrogen and oxygen atoms in total. The van der Waals surface area contributed by atoms with Crippen LogP contribution in [0.4, 0.5) is 5.13 Å². The molecule has 1 fully saturated rings. The summed E-state index contributed by atoms with van der Waals surface area (Å²) in [4.78, 5) is 22.3. The molecule has 0 unspecified atom stereocenters. The van der Waals surface area contributed by atoms with E-state index < -0.39 is 0 Å². The second-order valence-corrected chi connectivity index (χ2v) is 8.57. The van der Waals surface area contributed by atoms with Gasteiger partial charge in [0.1, 0.15) is 0 Å². The van der Waals surface area contributed by atoms with Crippen LogP contribution in [0.2, 0.25) is 0 Å². The highest BCUT2D eigenvalue weighted by molar-refractivity contribution is 7.22. The van der Waals surface area contributed by atoms with Crippen molar-refractivity contribution in [1.82, 2.24) is 9.88 Å². The predicted octanol–water partition coefficient (Wildman–Crippen LogP) is 3.82. The molecule has 2 heterocycles. The first kappa shape index (κ1) is 20.0. The van der Waals surface area contributed by atoms with Crippen molar-refractivity contribution in [1.29, 1.82) is 0 Å². The molecule has 0 spiro atoms. The van der Waals surface area contributed by atoms with E-state index in [-0.39, 0.29) is 5.91 Å². The van der Waals surface area contributed by atoms with Crippen LogP contribution in [0.15, 0.2) is 42.5 Å². The lowest BCUT2D eigenvalue weighted by atomic mass is 10.1. The average Bonchev–Trinajstić information content (AvgIpc) is 3.12. The van der Waals surface area contributed by atoms with Crippen LogP contribution in [0.1, 0.15) is 16.7 Å². The van der Waals surface area contributed by atoms with Gasteiger partial charge in [0.15, 0.2) is 5.13 Å². The number of aryl methyl sites for hydroxylation is 2. The van der Waals surface area contributed by atoms with Crippen LogP contribution < -0.4 is 4.90 Å². The lowest BCUT2D eigenvalue weighted by molar-refractivity contribution is -0.118. The summed E-state index contributed by atoms with van der Waals surface area (Å²) in [6, 6.07) is 14.2. The van der Waals surface area contributed by atoms with Gasteiger partial charge in [-0.1, -0.05) is 41.7 Å². The number of carbonyl (C=O) groups excluding carboxylic acids is 1. The van der Waals surface area contributed by atoms with E-state index in [1.807, 2.05) is 35.2 Å². The minimum Gasteiger partial charge on any atom is -0.379 e. The number of aromatic nitrogens is 1. The van der Waals surface area contributed by atoms with Gasteiger partial charge in [0.05, 0.1) is 29.9 Å². The van der Waals surface area contributed by atoms with Gasteiger partial charge in [-0.2, -0.15) is 0 Å². The molecule has 0 radical (unpaired) electrons. The molecule has 0 atom stereocenters. The topological polar surface area (TPSA) is 45.7 Å². The Balaban J connectivity index is 1.58. The summed E-state index contributed by atoms with van der Waals surface area (Å²) in [7, 11) is 0. The average molecular weight is 410 g/mol. The fourth-order valence-corrected chi connectivity index (χ4v) is 4.63. The second-order valence-electron chi connectivity index (χ2n) is 7.56. The standard InChI is InChI=1S/C23H27N3O2S/c1-17-14-20-21(15-18(17)2)29-23(24-20)26(9-8-25-10-12-28-13-11-25)22(27)16-19-6-4-3-5-7-19/h3-7,14-15H,8-13,16H2,1-2H3. The van der Waals surface area contributed by atoms with Crippen molar-refractivity contribution >= 4 is 32.6 Å². The first-order chi connectivity index (χ1) is 14.1. The molecule has 152 valence electrons. The van der Waals surface area contributed by atoms with Crippen LogP contribution in [0.3, 0.4) is 0 Å². The Hall–Kier alpha value is -2.28. The van der Waals surface area contributed by atoms with Crippen molar-refractivity contribution in [3.63, 3.8) is 0 Å². The molecule has 2 aromatic carbocycles. The van der Waals surface area contributed by atoms with E-state index in [4.69, 9.17) is 9.72 Å². The number of hydrogen-bond donors (Lipinski definition) is 0. The van der Waals surface area contributed by atoms with Crippen molar-refractivity contribution in [3.8, 4) is 0 Å². The molecule has 6 heteroatoms. The maximum Gasteiger partial charge on any atom is 0.233 e. The van der Waals surface area contributed by atoms with E-state index in [0.717, 1.165) is 53.8 Å². The summed E-state index contributed by atoms with van der Waals surface area (Å²) in [5.41, 5.74) is 4.48. The maximum absolute atomic E-state index is 13.2. The van der Waals surface area contributed by atoms with Gasteiger partial charge in [-0.25, -0.2) is 4.98 Å². The highest BCUT2D eigenvalue weighted by Crippen LogP contribution is 2.31. The number of thiazole rings is 1. The number of anilines is 1. The lowest BCUT2D eigenvalue weighted by Gasteiger charge is -2.29. The van der Waals surface area contributed by atoms with Gasteiger partial charge in [-0.15, -0.1) is 0 Å². The minimum atomic E-state index is 0.0944. The Morgan fingerprint density at radius 2 is 1.86 bits per heavy atom. The third kappa shape index (κ3) is 4.83. The SMILES string of the molecule is Cc1cc2nc(N(CCN3CCOCC3)C(=O)Cc3ccccc3)sc2cc1C. The normalized spacial score (nSPS) is 15.0. The van der Waals surface area contributed by atoms with E-state index in [1.54, 1.807) is 11.3 Å². The highest BCUT2D eigenvalue weighted by Gasteiger charge is 2.22. The molecular formula is C23H27N3O2S. The lowest BCUT2D eigenvalue weighted by Crippen LogP contribution is -2.43. The van der Waals surface area contributed by atoms with Crippen molar-refractivity contribution in [2.75, 3.05) is 44.3 Å². The number of hydrogen-bond acceptors (Lipinski definition) is 5. The molecule has 0 aliphatic carbocycles. The van der Waals surface area contributed by atoms with Gasteiger partial charge < -0.3 is 4.74 Å². The Bertz CT molecular complexity index is 941. The molecule has 0 saturated carbocycles. The van der Waals surface area contributed by atoms with Crippen LogP contribution in [0, 0.1) is 13.8 Å². The molecule has 1 aromatic heterocycles. The highest BCUT2D eigenvalue weighted by atomic mass is 32.1. The van der Waals surface area contributed by atoms with Crippen molar-refractivity contribution in [3.05, 3.63) is 59.2 Å². The van der Waals surface area contributed by atoms with Gasteiger partial charge in [-0.3, -0.25) is 14.6 Å². The van der Waals surface area contributed by atoms with Crippen molar-refractivity contribution in [2.45, 2.75) is 20.3 Å². The third-order valence-corrected chi connectivity index (χ3v) is 6.51. The van der Waals surface area contributed by atoms with E-state index in [0.29, 0.717) is 13.0 Å². The monoisotopic (exact) mass is 409 g/mol. The van der Waals surface area contributed by atoms with Crippen LogP contribution in [-0.4, -0.2) is 55.2 Å². The van der Waals surface area contributed by atoms with Crippen LogP contribution >= 0.6 is 11.3 Å². The Morgan fingerprint density at radius 1 is 1.14 bits per heavy atom. The molecule has 3 aromatic rings. The molecule has 4 rings (SSSR count). The molecule has 1 aliphatic rings. The quantitative estimate of drug-likeness (QED) is 0.621. The number of morpholine rings is 1. The summed E-state index contributed by atoms with van der Waals surface area (Å²) < 4.78 is 6.58. The number of ether oxygens (including phenoxy) is 1. The van der Waals surface area contributed by atoms with Crippen molar-refractivity contribution < 1.29 is 9.53 Å². The van der Waals surface area contributed by atoms with Gasteiger partial charge >= 0.3 is 0 Å². The number of carbonyl (C=O) groups is 1. The zero-order valence-electron chi connectivity index (χ0n) is 17.1. The Labute approximate surface area is 175 Å². The van der Waals surface area contributed by atoms with E-state index in [1.165, 1.54) is 11.1 Å². The molecule has 29 heavy (non-hydrogen) atoms. The number of benzene rings is 2. The first-order valence-electron chi connectivity index (χ1n) is 10.1. The summed E-state index contributed by atoms with van der Waals surface area (Å²) in [5.74, 6) is 0.0944. The predicted molar refractivity (Wildman–Crippen MR) is 119 cm³/mol. The van der Waals surface area contributed by atoms with Crippen LogP contribution in [0.5, 0.6) is 0 Å². The zero-order valence-corrected chi connectivity index (χ0v) is 17.9. The van der Waals surface area contributed by atoms with Gasteiger partial charge in [0.2, 0.25) is 5.91 Å². The fraction of sp³-hybridized carbons (Fsp3) is 0.391. The number of amides is 1. The fourth-order valence-electron chi connectivity index (χ4n) is 3.54. The molecule has 1 amide bonds. The number of nitrogens with zero attached hydrogens (tertiary/aromatic N) is 3. The number of rotatable bonds is 6. The molecule has 0 N–H and O–H groups in total. The largest absolute Gasteiger partial charge is 0.379 e. The Morgan fingerprint density at radius 3 is 2.62 bits per heavy atom. The summed E-state index contributed by atoms with van der Waals surface area (Å²) >= 11 is 1.60. The van der Waals surface area contributed by atoms with Gasteiger partial charge in [0, 0.05) is 26.2 Å².